The lowest BCUT2D eigenvalue weighted by molar-refractivity contribution is -0.147. The van der Waals surface area contributed by atoms with E-state index in [9.17, 15) is 26.4 Å². The summed E-state index contributed by atoms with van der Waals surface area (Å²) in [4.78, 5) is 16.3. The number of carbonyl (C=O) groups excluding carboxylic acids is 1. The summed E-state index contributed by atoms with van der Waals surface area (Å²) < 4.78 is 68.2. The molecule has 172 valence electrons. The molecule has 3 aromatic rings. The minimum absolute atomic E-state index is 0.0306. The van der Waals surface area contributed by atoms with Gasteiger partial charge in [-0.05, 0) is 36.8 Å². The second-order valence-electron chi connectivity index (χ2n) is 7.13. The van der Waals surface area contributed by atoms with Crippen LogP contribution in [0.4, 0.5) is 18.9 Å². The third-order valence-corrected chi connectivity index (χ3v) is 7.20. The van der Waals surface area contributed by atoms with Crippen molar-refractivity contribution in [1.29, 1.82) is 0 Å². The fourth-order valence-corrected chi connectivity index (χ4v) is 5.16. The van der Waals surface area contributed by atoms with Crippen LogP contribution in [0.3, 0.4) is 0 Å². The minimum Gasteiger partial charge on any atom is -0.324 e. The molecule has 2 aromatic carbocycles. The number of anilines is 1. The van der Waals surface area contributed by atoms with E-state index in [-0.39, 0.29) is 34.7 Å². The van der Waals surface area contributed by atoms with Crippen LogP contribution in [-0.2, 0) is 27.5 Å². The summed E-state index contributed by atoms with van der Waals surface area (Å²) in [5, 5.41) is 2.50. The van der Waals surface area contributed by atoms with Gasteiger partial charge in [-0.15, -0.1) is 0 Å². The maximum absolute atomic E-state index is 13.4. The molecule has 11 heteroatoms. The van der Waals surface area contributed by atoms with Crippen LogP contribution in [-0.4, -0.2) is 41.3 Å². The molecule has 0 fully saturated rings. The summed E-state index contributed by atoms with van der Waals surface area (Å²) in [6.45, 7) is 4.99. The van der Waals surface area contributed by atoms with Gasteiger partial charge in [0, 0.05) is 18.8 Å². The van der Waals surface area contributed by atoms with E-state index in [2.05, 4.69) is 10.3 Å². The summed E-state index contributed by atoms with van der Waals surface area (Å²) in [5.41, 5.74) is 0.957. The van der Waals surface area contributed by atoms with E-state index in [1.165, 1.54) is 28.6 Å². The number of amides is 1. The first-order valence-electron chi connectivity index (χ1n) is 9.92. The van der Waals surface area contributed by atoms with Crippen molar-refractivity contribution in [1.82, 2.24) is 13.9 Å². The van der Waals surface area contributed by atoms with Gasteiger partial charge in [0.05, 0.1) is 15.9 Å². The molecule has 0 aliphatic heterocycles. The number of fused-ring (bicyclic) bond motifs is 1. The standard InChI is InChI=1S/C21H23F3N4O3S/c1-4-27(5-2)32(30,31)18-12-15(11-10-14(18)3)25-19(29)13-28-17-9-7-6-8-16(17)26-20(28)21(22,23)24/h6-12H,4-5,13H2,1-3H3,(H,25,29). The van der Waals surface area contributed by atoms with Gasteiger partial charge in [0.2, 0.25) is 21.8 Å². The van der Waals surface area contributed by atoms with E-state index in [1.54, 1.807) is 39.0 Å². The van der Waals surface area contributed by atoms with Gasteiger partial charge in [0.15, 0.2) is 0 Å². The minimum atomic E-state index is -4.74. The molecule has 0 radical (unpaired) electrons. The number of nitrogens with one attached hydrogen (secondary N) is 1. The van der Waals surface area contributed by atoms with Gasteiger partial charge in [0.1, 0.15) is 6.54 Å². The Balaban J connectivity index is 1.92. The van der Waals surface area contributed by atoms with Crippen molar-refractivity contribution < 1.29 is 26.4 Å². The predicted octanol–water partition coefficient (Wildman–Crippen LogP) is 4.03. The quantitative estimate of drug-likeness (QED) is 0.567. The Morgan fingerprint density at radius 2 is 1.78 bits per heavy atom. The average molecular weight is 469 g/mol. The molecule has 0 aliphatic rings. The lowest BCUT2D eigenvalue weighted by Gasteiger charge is -2.20. The van der Waals surface area contributed by atoms with Crippen molar-refractivity contribution in [2.24, 2.45) is 0 Å². The second kappa shape index (κ2) is 8.91. The van der Waals surface area contributed by atoms with Gasteiger partial charge in [-0.2, -0.15) is 17.5 Å². The van der Waals surface area contributed by atoms with Gasteiger partial charge in [-0.1, -0.05) is 32.0 Å². The van der Waals surface area contributed by atoms with E-state index in [0.29, 0.717) is 5.56 Å². The Hall–Kier alpha value is -2.92. The molecule has 7 nitrogen and oxygen atoms in total. The van der Waals surface area contributed by atoms with E-state index >= 15 is 0 Å². The second-order valence-corrected chi connectivity index (χ2v) is 9.03. The third-order valence-electron chi connectivity index (χ3n) is 5.00. The van der Waals surface area contributed by atoms with Crippen molar-refractivity contribution in [3.63, 3.8) is 0 Å². The van der Waals surface area contributed by atoms with Crippen LogP contribution in [0.15, 0.2) is 47.4 Å². The fraction of sp³-hybridized carbons (Fsp3) is 0.333. The third kappa shape index (κ3) is 4.63. The lowest BCUT2D eigenvalue weighted by Crippen LogP contribution is -2.31. The molecule has 1 aromatic heterocycles. The Kier molecular flexibility index (Phi) is 6.61. The molecule has 0 bridgehead atoms. The predicted molar refractivity (Wildman–Crippen MR) is 115 cm³/mol. The van der Waals surface area contributed by atoms with Crippen molar-refractivity contribution in [3.05, 3.63) is 53.9 Å². The van der Waals surface area contributed by atoms with E-state index in [4.69, 9.17) is 0 Å². The number of aromatic nitrogens is 2. The number of alkyl halides is 3. The zero-order chi connectivity index (χ0) is 23.7. The molecule has 1 N–H and O–H groups in total. The number of imidazole rings is 1. The summed E-state index contributed by atoms with van der Waals surface area (Å²) >= 11 is 0. The molecule has 3 rings (SSSR count). The fourth-order valence-electron chi connectivity index (χ4n) is 3.45. The van der Waals surface area contributed by atoms with Gasteiger partial charge in [0.25, 0.3) is 0 Å². The molecule has 0 aliphatic carbocycles. The van der Waals surface area contributed by atoms with Crippen molar-refractivity contribution in [3.8, 4) is 0 Å². The first kappa shape index (κ1) is 23.7. The van der Waals surface area contributed by atoms with Gasteiger partial charge >= 0.3 is 6.18 Å². The van der Waals surface area contributed by atoms with E-state index < -0.39 is 34.5 Å². The van der Waals surface area contributed by atoms with Crippen LogP contribution in [0, 0.1) is 6.92 Å². The van der Waals surface area contributed by atoms with Crippen LogP contribution in [0.2, 0.25) is 0 Å². The Morgan fingerprint density at radius 1 is 1.12 bits per heavy atom. The molecular weight excluding hydrogens is 445 g/mol. The largest absolute Gasteiger partial charge is 0.449 e. The highest BCUT2D eigenvalue weighted by Gasteiger charge is 2.38. The molecule has 0 atom stereocenters. The van der Waals surface area contributed by atoms with Crippen LogP contribution >= 0.6 is 0 Å². The SMILES string of the molecule is CCN(CC)S(=O)(=O)c1cc(NC(=O)Cn2c(C(F)(F)F)nc3ccccc32)ccc1C. The smallest absolute Gasteiger partial charge is 0.324 e. The van der Waals surface area contributed by atoms with Gasteiger partial charge < -0.3 is 9.88 Å². The van der Waals surface area contributed by atoms with Crippen molar-refractivity contribution >= 4 is 32.7 Å². The van der Waals surface area contributed by atoms with Crippen molar-refractivity contribution in [2.45, 2.75) is 38.4 Å². The number of sulfonamides is 1. The number of benzene rings is 2. The maximum atomic E-state index is 13.4. The Labute approximate surface area is 183 Å². The number of carbonyl (C=O) groups is 1. The normalized spacial score (nSPS) is 12.5. The monoisotopic (exact) mass is 468 g/mol. The Morgan fingerprint density at radius 3 is 2.41 bits per heavy atom. The van der Waals surface area contributed by atoms with Gasteiger partial charge in [-0.25, -0.2) is 13.4 Å². The molecule has 0 saturated heterocycles. The molecular formula is C21H23F3N4O3S. The summed E-state index contributed by atoms with van der Waals surface area (Å²) in [5.74, 6) is -1.92. The Bertz CT molecular complexity index is 1250. The molecule has 1 heterocycles. The molecule has 0 spiro atoms. The average Bonchev–Trinajstić information content (AvgIpc) is 3.09. The first-order valence-corrected chi connectivity index (χ1v) is 11.4. The number of halogens is 3. The number of nitrogens with zero attached hydrogens (tertiary/aromatic N) is 3. The van der Waals surface area contributed by atoms with Crippen LogP contribution in [0.5, 0.6) is 0 Å². The number of para-hydroxylation sites is 2. The highest BCUT2D eigenvalue weighted by Crippen LogP contribution is 2.31. The van der Waals surface area contributed by atoms with E-state index in [0.717, 1.165) is 4.57 Å². The van der Waals surface area contributed by atoms with Crippen molar-refractivity contribution in [2.75, 3.05) is 18.4 Å². The molecule has 0 saturated carbocycles. The molecule has 1 amide bonds. The lowest BCUT2D eigenvalue weighted by atomic mass is 10.2. The van der Waals surface area contributed by atoms with Crippen LogP contribution in [0.1, 0.15) is 25.2 Å². The first-order chi connectivity index (χ1) is 15.0. The highest BCUT2D eigenvalue weighted by atomic mass is 32.2. The maximum Gasteiger partial charge on any atom is 0.449 e. The van der Waals surface area contributed by atoms with Gasteiger partial charge in [-0.3, -0.25) is 4.79 Å². The summed E-state index contributed by atoms with van der Waals surface area (Å²) in [6, 6.07) is 10.4. The highest BCUT2D eigenvalue weighted by molar-refractivity contribution is 7.89. The molecule has 0 unspecified atom stereocenters. The summed E-state index contributed by atoms with van der Waals surface area (Å²) in [6.07, 6.45) is -4.74. The topological polar surface area (TPSA) is 84.3 Å². The zero-order valence-electron chi connectivity index (χ0n) is 17.8. The molecule has 32 heavy (non-hydrogen) atoms. The number of rotatable bonds is 7. The van der Waals surface area contributed by atoms with Crippen LogP contribution in [0.25, 0.3) is 11.0 Å². The number of aryl methyl sites for hydroxylation is 1. The number of hydrogen-bond donors (Lipinski definition) is 1. The number of hydrogen-bond acceptors (Lipinski definition) is 4. The zero-order valence-corrected chi connectivity index (χ0v) is 18.6. The summed E-state index contributed by atoms with van der Waals surface area (Å²) in [7, 11) is -3.78. The van der Waals surface area contributed by atoms with Crippen LogP contribution < -0.4 is 5.32 Å². The van der Waals surface area contributed by atoms with E-state index in [1.807, 2.05) is 0 Å².